The first kappa shape index (κ1) is 20.3. The van der Waals surface area contributed by atoms with Gasteiger partial charge in [0.05, 0.1) is 24.8 Å². The van der Waals surface area contributed by atoms with Crippen LogP contribution in [0.15, 0.2) is 30.3 Å². The SMILES string of the molecule is CCOC(=O)CC1Oc2cccc(F)c2[N+](C)(c2nc3c(F)ccc(F)c3s2)C1=O. The van der Waals surface area contributed by atoms with E-state index in [1.807, 2.05) is 0 Å². The van der Waals surface area contributed by atoms with Gasteiger partial charge in [-0.25, -0.2) is 18.0 Å². The van der Waals surface area contributed by atoms with Crippen LogP contribution in [0.5, 0.6) is 5.75 Å². The number of amides is 1. The Morgan fingerprint density at radius 2 is 1.93 bits per heavy atom. The van der Waals surface area contributed by atoms with Crippen molar-refractivity contribution in [1.82, 2.24) is 9.47 Å². The zero-order valence-electron chi connectivity index (χ0n) is 15.9. The quantitative estimate of drug-likeness (QED) is 0.452. The molecule has 0 N–H and O–H groups in total. The third-order valence-electron chi connectivity index (χ3n) is 4.86. The van der Waals surface area contributed by atoms with E-state index in [0.29, 0.717) is 0 Å². The van der Waals surface area contributed by atoms with Crippen molar-refractivity contribution in [3.8, 4) is 5.75 Å². The number of para-hydroxylation sites is 1. The molecule has 0 bridgehead atoms. The van der Waals surface area contributed by atoms with Gasteiger partial charge in [0.2, 0.25) is 11.8 Å². The molecule has 2 heterocycles. The van der Waals surface area contributed by atoms with Crippen LogP contribution in [-0.4, -0.2) is 36.6 Å². The van der Waals surface area contributed by atoms with Crippen molar-refractivity contribution in [3.05, 3.63) is 47.8 Å². The third-order valence-corrected chi connectivity index (χ3v) is 6.09. The second kappa shape index (κ2) is 7.37. The number of fused-ring (bicyclic) bond motifs is 2. The van der Waals surface area contributed by atoms with Crippen LogP contribution in [0, 0.1) is 17.5 Å². The number of quaternary nitrogens is 1. The minimum absolute atomic E-state index is 0.0339. The molecule has 0 spiro atoms. The fourth-order valence-corrected chi connectivity index (χ4v) is 4.53. The van der Waals surface area contributed by atoms with Gasteiger partial charge >= 0.3 is 11.9 Å². The van der Waals surface area contributed by atoms with Crippen molar-refractivity contribution in [2.24, 2.45) is 0 Å². The Morgan fingerprint density at radius 1 is 1.20 bits per heavy atom. The summed E-state index contributed by atoms with van der Waals surface area (Å²) in [4.78, 5) is 29.5. The zero-order valence-corrected chi connectivity index (χ0v) is 16.8. The van der Waals surface area contributed by atoms with Crippen LogP contribution in [0.4, 0.5) is 24.0 Å². The lowest BCUT2D eigenvalue weighted by Crippen LogP contribution is -2.56. The van der Waals surface area contributed by atoms with Crippen LogP contribution in [0.3, 0.4) is 0 Å². The average Bonchev–Trinajstić information content (AvgIpc) is 3.16. The molecule has 1 aliphatic heterocycles. The van der Waals surface area contributed by atoms with Crippen LogP contribution in [-0.2, 0) is 14.3 Å². The number of carbonyl (C=O) groups is 2. The lowest BCUT2D eigenvalue weighted by molar-refractivity contribution is -0.150. The van der Waals surface area contributed by atoms with E-state index >= 15 is 0 Å². The molecule has 1 aromatic heterocycles. The largest absolute Gasteiger partial charge is 0.469 e. The van der Waals surface area contributed by atoms with Crippen LogP contribution in [0.25, 0.3) is 10.2 Å². The Balaban J connectivity index is 1.92. The average molecular weight is 437 g/mol. The molecule has 0 radical (unpaired) electrons. The highest BCUT2D eigenvalue weighted by molar-refractivity contribution is 7.22. The summed E-state index contributed by atoms with van der Waals surface area (Å²) in [7, 11) is 1.36. The van der Waals surface area contributed by atoms with E-state index in [1.165, 1.54) is 19.2 Å². The summed E-state index contributed by atoms with van der Waals surface area (Å²) >= 11 is 0.738. The molecule has 6 nitrogen and oxygen atoms in total. The second-order valence-electron chi connectivity index (χ2n) is 6.75. The predicted octanol–water partition coefficient (Wildman–Crippen LogP) is 4.22. The van der Waals surface area contributed by atoms with Crippen LogP contribution in [0.2, 0.25) is 0 Å². The maximum atomic E-state index is 14.8. The molecule has 2 atom stereocenters. The van der Waals surface area contributed by atoms with Crippen molar-refractivity contribution < 1.29 is 32.2 Å². The van der Waals surface area contributed by atoms with Gasteiger partial charge in [-0.3, -0.25) is 4.79 Å². The highest BCUT2D eigenvalue weighted by Crippen LogP contribution is 2.48. The molecule has 10 heteroatoms. The van der Waals surface area contributed by atoms with E-state index in [0.717, 1.165) is 29.5 Å². The summed E-state index contributed by atoms with van der Waals surface area (Å²) in [5.74, 6) is -3.56. The van der Waals surface area contributed by atoms with Gasteiger partial charge in [0.1, 0.15) is 11.3 Å². The van der Waals surface area contributed by atoms with Gasteiger partial charge < -0.3 is 9.47 Å². The van der Waals surface area contributed by atoms with Crippen LogP contribution < -0.4 is 9.22 Å². The van der Waals surface area contributed by atoms with Crippen molar-refractivity contribution in [3.63, 3.8) is 0 Å². The molecule has 30 heavy (non-hydrogen) atoms. The lowest BCUT2D eigenvalue weighted by atomic mass is 10.1. The fourth-order valence-electron chi connectivity index (χ4n) is 3.44. The fraction of sp³-hybridized carbons (Fsp3) is 0.250. The molecule has 3 aromatic rings. The Morgan fingerprint density at radius 3 is 2.63 bits per heavy atom. The Labute approximate surface area is 173 Å². The van der Waals surface area contributed by atoms with Gasteiger partial charge in [-0.05, 0) is 31.2 Å². The van der Waals surface area contributed by atoms with E-state index in [2.05, 4.69) is 4.98 Å². The monoisotopic (exact) mass is 437 g/mol. The molecule has 0 saturated carbocycles. The highest BCUT2D eigenvalue weighted by Gasteiger charge is 2.53. The van der Waals surface area contributed by atoms with Crippen LogP contribution >= 0.6 is 11.3 Å². The number of aromatic nitrogens is 1. The van der Waals surface area contributed by atoms with E-state index < -0.39 is 46.3 Å². The number of ether oxygens (including phenoxy) is 2. The number of benzene rings is 2. The molecule has 4 rings (SSSR count). The number of hydrogen-bond donors (Lipinski definition) is 0. The number of hydrogen-bond acceptors (Lipinski definition) is 6. The lowest BCUT2D eigenvalue weighted by Gasteiger charge is -2.36. The maximum Gasteiger partial charge on any atom is 0.367 e. The van der Waals surface area contributed by atoms with Crippen molar-refractivity contribution >= 4 is 44.2 Å². The Bertz CT molecular complexity index is 1140. The van der Waals surface area contributed by atoms with Gasteiger partial charge in [0, 0.05) is 0 Å². The molecule has 0 saturated heterocycles. The number of nitrogens with zero attached hydrogens (tertiary/aromatic N) is 2. The molecular formula is C20H16F3N2O4S+. The summed E-state index contributed by atoms with van der Waals surface area (Å²) in [5.41, 5.74) is -0.407. The van der Waals surface area contributed by atoms with Gasteiger partial charge in [-0.1, -0.05) is 17.4 Å². The number of carbonyl (C=O) groups excluding carboxylic acids is 2. The molecule has 2 aromatic carbocycles. The Kier molecular flexibility index (Phi) is 4.99. The van der Waals surface area contributed by atoms with E-state index in [9.17, 15) is 22.8 Å². The molecule has 156 valence electrons. The molecule has 1 amide bonds. The first-order valence-corrected chi connectivity index (χ1v) is 9.86. The minimum atomic E-state index is -1.29. The smallest absolute Gasteiger partial charge is 0.367 e. The topological polar surface area (TPSA) is 65.5 Å². The summed E-state index contributed by atoms with van der Waals surface area (Å²) < 4.78 is 52.8. The van der Waals surface area contributed by atoms with Crippen molar-refractivity contribution in [2.75, 3.05) is 13.7 Å². The standard InChI is InChI=1S/C20H16F3N2O4S/c1-3-28-15(26)9-14-19(27)25(2,17-11(22)5-4-6-13(17)29-14)20-24-16-10(21)7-8-12(23)18(16)30-20/h4-8,14H,3,9H2,1-2H3/q+1. The summed E-state index contributed by atoms with van der Waals surface area (Å²) in [6, 6.07) is 5.88. The molecular weight excluding hydrogens is 421 g/mol. The number of esters is 1. The maximum absolute atomic E-state index is 14.8. The molecule has 0 fully saturated rings. The molecule has 2 unspecified atom stereocenters. The molecule has 0 aliphatic carbocycles. The number of rotatable bonds is 4. The van der Waals surface area contributed by atoms with Crippen LogP contribution in [0.1, 0.15) is 13.3 Å². The van der Waals surface area contributed by atoms with Gasteiger partial charge in [-0.15, -0.1) is 0 Å². The summed E-state index contributed by atoms with van der Waals surface area (Å²) in [5, 5.41) is -0.0532. The highest BCUT2D eigenvalue weighted by atomic mass is 32.1. The normalized spacial score (nSPS) is 20.7. The Hall–Kier alpha value is -2.98. The number of thiazole rings is 1. The second-order valence-corrected chi connectivity index (χ2v) is 7.73. The predicted molar refractivity (Wildman–Crippen MR) is 104 cm³/mol. The van der Waals surface area contributed by atoms with E-state index in [-0.39, 0.29) is 33.4 Å². The van der Waals surface area contributed by atoms with Crippen molar-refractivity contribution in [2.45, 2.75) is 19.4 Å². The van der Waals surface area contributed by atoms with Crippen molar-refractivity contribution in [1.29, 1.82) is 0 Å². The first-order chi connectivity index (χ1) is 14.3. The van der Waals surface area contributed by atoms with E-state index in [4.69, 9.17) is 9.47 Å². The third kappa shape index (κ3) is 3.03. The summed E-state index contributed by atoms with van der Waals surface area (Å²) in [6.45, 7) is 1.74. The minimum Gasteiger partial charge on any atom is -0.469 e. The first-order valence-electron chi connectivity index (χ1n) is 9.04. The zero-order chi connectivity index (χ0) is 21.6. The summed E-state index contributed by atoms with van der Waals surface area (Å²) in [6.07, 6.45) is -1.69. The number of halogens is 3. The molecule has 1 aliphatic rings. The number of likely N-dealkylation sites (N-methyl/N-ethyl adjacent to an activating group) is 1. The van der Waals surface area contributed by atoms with E-state index in [1.54, 1.807) is 6.92 Å². The van der Waals surface area contributed by atoms with Gasteiger partial charge in [-0.2, -0.15) is 9.47 Å². The van der Waals surface area contributed by atoms with Gasteiger partial charge in [0.25, 0.3) is 5.13 Å². The van der Waals surface area contributed by atoms with Gasteiger partial charge in [0.15, 0.2) is 17.4 Å².